The number of nitrogens with one attached hydrogen (secondary N) is 1. The molecule has 2 aliphatic heterocycles. The maximum absolute atomic E-state index is 13.6. The van der Waals surface area contributed by atoms with Crippen molar-refractivity contribution in [2.75, 3.05) is 13.2 Å². The minimum atomic E-state index is -0.00214. The van der Waals surface area contributed by atoms with Crippen molar-refractivity contribution < 1.29 is 9.53 Å². The molecule has 5 heteroatoms. The average molecular weight is 433 g/mol. The van der Waals surface area contributed by atoms with Gasteiger partial charge in [-0.3, -0.25) is 0 Å². The number of allylic oxidation sites excluding steroid dienone is 1. The normalized spacial score (nSPS) is 33.5. The highest BCUT2D eigenvalue weighted by Gasteiger charge is 2.58. The Bertz CT molecular complexity index is 617. The van der Waals surface area contributed by atoms with E-state index in [1.54, 1.807) is 5.57 Å². The first-order valence-electron chi connectivity index (χ1n) is 12.8. The third kappa shape index (κ3) is 4.72. The Morgan fingerprint density at radius 2 is 1.63 bits per heavy atom. The van der Waals surface area contributed by atoms with Crippen molar-refractivity contribution >= 4 is 17.8 Å². The molecular formula is C25H40N2O2S. The number of nitrogens with zero attached hydrogens (tertiary/aromatic N) is 1. The van der Waals surface area contributed by atoms with E-state index in [0.29, 0.717) is 18.0 Å². The van der Waals surface area contributed by atoms with Gasteiger partial charge in [0.15, 0.2) is 0 Å². The molecule has 0 spiro atoms. The first kappa shape index (κ1) is 21.2. The molecule has 3 aliphatic carbocycles. The molecule has 30 heavy (non-hydrogen) atoms. The lowest BCUT2D eigenvalue weighted by Gasteiger charge is -2.42. The maximum Gasteiger partial charge on any atom is 0.319 e. The summed E-state index contributed by atoms with van der Waals surface area (Å²) in [5.74, 6) is 1.45. The summed E-state index contributed by atoms with van der Waals surface area (Å²) in [4.78, 5) is 15.9. The Labute approximate surface area is 186 Å². The molecule has 3 saturated carbocycles. The van der Waals surface area contributed by atoms with E-state index in [1.807, 2.05) is 11.8 Å². The summed E-state index contributed by atoms with van der Waals surface area (Å²) in [5.41, 5.74) is 1.62. The Morgan fingerprint density at radius 1 is 1.00 bits per heavy atom. The van der Waals surface area contributed by atoms with E-state index in [9.17, 15) is 4.79 Å². The van der Waals surface area contributed by atoms with Gasteiger partial charge in [0, 0.05) is 25.3 Å². The van der Waals surface area contributed by atoms with E-state index < -0.39 is 0 Å². The Balaban J connectivity index is 1.21. The van der Waals surface area contributed by atoms with Crippen LogP contribution in [0.2, 0.25) is 0 Å². The van der Waals surface area contributed by atoms with Crippen molar-refractivity contribution in [3.05, 3.63) is 11.0 Å². The summed E-state index contributed by atoms with van der Waals surface area (Å²) < 4.78 is 5.52. The summed E-state index contributed by atoms with van der Waals surface area (Å²) >= 11 is 1.92. The van der Waals surface area contributed by atoms with E-state index in [-0.39, 0.29) is 10.9 Å². The van der Waals surface area contributed by atoms with Gasteiger partial charge in [0.1, 0.15) is 0 Å². The number of carbonyl (C=O) groups is 1. The molecule has 2 unspecified atom stereocenters. The first-order valence-corrected chi connectivity index (χ1v) is 13.7. The van der Waals surface area contributed by atoms with Crippen molar-refractivity contribution in [3.63, 3.8) is 0 Å². The number of amides is 2. The van der Waals surface area contributed by atoms with Crippen LogP contribution < -0.4 is 5.32 Å². The van der Waals surface area contributed by atoms with Crippen LogP contribution in [-0.2, 0) is 4.74 Å². The van der Waals surface area contributed by atoms with Crippen molar-refractivity contribution in [3.8, 4) is 0 Å². The van der Waals surface area contributed by atoms with Crippen molar-refractivity contribution in [2.45, 2.75) is 113 Å². The van der Waals surface area contributed by atoms with Crippen LogP contribution >= 0.6 is 11.8 Å². The molecule has 0 radical (unpaired) electrons. The fourth-order valence-corrected chi connectivity index (χ4v) is 7.76. The molecule has 1 saturated heterocycles. The summed E-state index contributed by atoms with van der Waals surface area (Å²) in [6.07, 6.45) is 18.7. The molecule has 5 aliphatic rings. The van der Waals surface area contributed by atoms with Gasteiger partial charge in [-0.05, 0) is 75.0 Å². The van der Waals surface area contributed by atoms with Gasteiger partial charge in [-0.2, -0.15) is 0 Å². The molecule has 5 rings (SSSR count). The van der Waals surface area contributed by atoms with Crippen molar-refractivity contribution in [2.24, 2.45) is 11.8 Å². The Hall–Kier alpha value is -0.680. The molecule has 0 bridgehead atoms. The molecule has 0 aromatic carbocycles. The van der Waals surface area contributed by atoms with E-state index in [4.69, 9.17) is 4.74 Å². The molecule has 4 nitrogen and oxygen atoms in total. The monoisotopic (exact) mass is 432 g/mol. The summed E-state index contributed by atoms with van der Waals surface area (Å²) in [6.45, 7) is 1.87. The zero-order chi connectivity index (χ0) is 20.4. The number of hydrogen-bond acceptors (Lipinski definition) is 3. The van der Waals surface area contributed by atoms with Crippen molar-refractivity contribution in [1.82, 2.24) is 10.2 Å². The largest absolute Gasteiger partial charge is 0.381 e. The highest BCUT2D eigenvalue weighted by molar-refractivity contribution is 8.03. The maximum atomic E-state index is 13.6. The number of carbonyl (C=O) groups excluding carboxylic acids is 1. The van der Waals surface area contributed by atoms with Crippen LogP contribution in [0.5, 0.6) is 0 Å². The lowest BCUT2D eigenvalue weighted by Crippen LogP contribution is -2.55. The SMILES string of the molecule is O=C(NC12CC1CC(CC1CCOCC1)=CS2)N(C1CCCCC1)C1CCCCC1. The number of fused-ring (bicyclic) bond motifs is 1. The van der Waals surface area contributed by atoms with Gasteiger partial charge >= 0.3 is 6.03 Å². The molecule has 0 aromatic heterocycles. The second-order valence-corrected chi connectivity index (χ2v) is 11.8. The van der Waals surface area contributed by atoms with Crippen LogP contribution in [0, 0.1) is 11.8 Å². The average Bonchev–Trinajstić information content (AvgIpc) is 3.49. The minimum absolute atomic E-state index is 0.00214. The van der Waals surface area contributed by atoms with Crippen LogP contribution in [0.1, 0.15) is 96.3 Å². The second-order valence-electron chi connectivity index (χ2n) is 10.6. The fourth-order valence-electron chi connectivity index (χ4n) is 6.47. The third-order valence-corrected chi connectivity index (χ3v) is 9.85. The summed E-state index contributed by atoms with van der Waals surface area (Å²) in [5, 5.41) is 5.98. The zero-order valence-corrected chi connectivity index (χ0v) is 19.4. The summed E-state index contributed by atoms with van der Waals surface area (Å²) in [6, 6.07) is 1.21. The number of ether oxygens (including phenoxy) is 1. The smallest absolute Gasteiger partial charge is 0.319 e. The molecule has 2 amide bonds. The highest BCUT2D eigenvalue weighted by atomic mass is 32.2. The Kier molecular flexibility index (Phi) is 6.66. The number of thioether (sulfide) groups is 1. The molecule has 4 fully saturated rings. The topological polar surface area (TPSA) is 41.6 Å². The van der Waals surface area contributed by atoms with Gasteiger partial charge in [-0.1, -0.05) is 44.1 Å². The van der Waals surface area contributed by atoms with E-state index in [2.05, 4.69) is 15.6 Å². The van der Waals surface area contributed by atoms with Gasteiger partial charge in [0.25, 0.3) is 0 Å². The van der Waals surface area contributed by atoms with E-state index >= 15 is 0 Å². The van der Waals surface area contributed by atoms with E-state index in [1.165, 1.54) is 89.9 Å². The quantitative estimate of drug-likeness (QED) is 0.561. The van der Waals surface area contributed by atoms with Crippen LogP contribution in [0.3, 0.4) is 0 Å². The van der Waals surface area contributed by atoms with Gasteiger partial charge in [-0.15, -0.1) is 11.8 Å². The van der Waals surface area contributed by atoms with Gasteiger partial charge in [0.2, 0.25) is 0 Å². The van der Waals surface area contributed by atoms with Gasteiger partial charge in [0.05, 0.1) is 4.87 Å². The molecular weight excluding hydrogens is 392 g/mol. The standard InChI is InChI=1S/C25H40N2O2S/c28-24(27(22-7-3-1-4-8-22)23-9-5-2-6-10-23)26-25-17-21(25)16-20(18-30-25)15-19-11-13-29-14-12-19/h18-19,21-23H,1-17H2,(H,26,28). The third-order valence-electron chi connectivity index (χ3n) is 8.37. The minimum Gasteiger partial charge on any atom is -0.381 e. The van der Waals surface area contributed by atoms with Crippen LogP contribution in [0.15, 0.2) is 11.0 Å². The highest BCUT2D eigenvalue weighted by Crippen LogP contribution is 2.59. The lowest BCUT2D eigenvalue weighted by atomic mass is 9.89. The van der Waals surface area contributed by atoms with Crippen molar-refractivity contribution in [1.29, 1.82) is 0 Å². The van der Waals surface area contributed by atoms with Crippen LogP contribution in [0.4, 0.5) is 4.79 Å². The van der Waals surface area contributed by atoms with Gasteiger partial charge < -0.3 is 15.0 Å². The number of urea groups is 1. The second kappa shape index (κ2) is 9.44. The Morgan fingerprint density at radius 3 is 2.23 bits per heavy atom. The van der Waals surface area contributed by atoms with Crippen LogP contribution in [-0.4, -0.2) is 41.1 Å². The number of rotatable bonds is 5. The molecule has 1 N–H and O–H groups in total. The molecule has 2 heterocycles. The summed E-state index contributed by atoms with van der Waals surface area (Å²) in [7, 11) is 0. The van der Waals surface area contributed by atoms with Gasteiger partial charge in [-0.25, -0.2) is 4.79 Å². The van der Waals surface area contributed by atoms with Crippen LogP contribution in [0.25, 0.3) is 0 Å². The first-order chi connectivity index (χ1) is 14.7. The fraction of sp³-hybridized carbons (Fsp3) is 0.880. The predicted octanol–water partition coefficient (Wildman–Crippen LogP) is 6.22. The zero-order valence-electron chi connectivity index (χ0n) is 18.6. The lowest BCUT2D eigenvalue weighted by molar-refractivity contribution is 0.0662. The molecule has 2 atom stereocenters. The molecule has 0 aromatic rings. The number of hydrogen-bond donors (Lipinski definition) is 1. The molecule has 168 valence electrons. The van der Waals surface area contributed by atoms with E-state index in [0.717, 1.165) is 25.6 Å². The predicted molar refractivity (Wildman–Crippen MR) is 123 cm³/mol.